The fourth-order valence-electron chi connectivity index (χ4n) is 2.61. The average molecular weight is 273 g/mol. The molecule has 0 spiro atoms. The van der Waals surface area contributed by atoms with Gasteiger partial charge < -0.3 is 10.0 Å². The molecule has 1 N–H and O–H groups in total. The Hall–Kier alpha value is -1.32. The number of thiophene rings is 1. The molecule has 3 heteroatoms. The molecule has 0 aliphatic carbocycles. The Morgan fingerprint density at radius 2 is 2.05 bits per heavy atom. The number of anilines is 1. The summed E-state index contributed by atoms with van der Waals surface area (Å²) in [4.78, 5) is 3.95. The molecule has 0 saturated heterocycles. The standard InChI is InChI=1S/C16H19NOS/c1-2-15(18)12-3-5-14(6-4-12)17-9-7-16-13(11-17)8-10-19-16/h3-6,8,10,15,18H,2,7,9,11H2,1H3/t15-/m1/s1. The smallest absolute Gasteiger partial charge is 0.0787 e. The summed E-state index contributed by atoms with van der Waals surface area (Å²) in [6.45, 7) is 4.10. The molecule has 3 rings (SSSR count). The van der Waals surface area contributed by atoms with Gasteiger partial charge in [0, 0.05) is 23.7 Å². The molecule has 2 nitrogen and oxygen atoms in total. The van der Waals surface area contributed by atoms with Crippen LogP contribution in [-0.4, -0.2) is 11.7 Å². The Balaban J connectivity index is 1.77. The van der Waals surface area contributed by atoms with Crippen LogP contribution in [0.1, 0.15) is 35.5 Å². The lowest BCUT2D eigenvalue weighted by molar-refractivity contribution is 0.173. The molecular formula is C16H19NOS. The summed E-state index contributed by atoms with van der Waals surface area (Å²) in [6, 6.07) is 10.6. The normalized spacial score (nSPS) is 16.2. The van der Waals surface area contributed by atoms with E-state index >= 15 is 0 Å². The zero-order valence-electron chi connectivity index (χ0n) is 11.2. The van der Waals surface area contributed by atoms with Crippen LogP contribution < -0.4 is 4.90 Å². The molecule has 0 saturated carbocycles. The summed E-state index contributed by atoms with van der Waals surface area (Å²) >= 11 is 1.87. The van der Waals surface area contributed by atoms with Crippen LogP contribution in [0, 0.1) is 0 Å². The molecular weight excluding hydrogens is 254 g/mol. The lowest BCUT2D eigenvalue weighted by atomic mass is 10.1. The van der Waals surface area contributed by atoms with Gasteiger partial charge in [0.1, 0.15) is 0 Å². The number of fused-ring (bicyclic) bond motifs is 1. The lowest BCUT2D eigenvalue weighted by Gasteiger charge is -2.29. The number of aliphatic hydroxyl groups excluding tert-OH is 1. The summed E-state index contributed by atoms with van der Waals surface area (Å²) in [7, 11) is 0. The molecule has 2 aromatic rings. The van der Waals surface area contributed by atoms with Crippen LogP contribution >= 0.6 is 11.3 Å². The van der Waals surface area contributed by atoms with Crippen LogP contribution in [0.3, 0.4) is 0 Å². The van der Waals surface area contributed by atoms with Gasteiger partial charge in [0.25, 0.3) is 0 Å². The van der Waals surface area contributed by atoms with Gasteiger partial charge in [-0.3, -0.25) is 0 Å². The Bertz CT molecular complexity index is 546. The van der Waals surface area contributed by atoms with Crippen molar-refractivity contribution in [1.82, 2.24) is 0 Å². The van der Waals surface area contributed by atoms with Crippen LogP contribution in [0.25, 0.3) is 0 Å². The molecule has 0 unspecified atom stereocenters. The molecule has 1 aliphatic heterocycles. The van der Waals surface area contributed by atoms with E-state index in [-0.39, 0.29) is 6.10 Å². The number of hydrogen-bond acceptors (Lipinski definition) is 3. The van der Waals surface area contributed by atoms with Gasteiger partial charge >= 0.3 is 0 Å². The van der Waals surface area contributed by atoms with E-state index < -0.39 is 0 Å². The predicted molar refractivity (Wildman–Crippen MR) is 80.8 cm³/mol. The first kappa shape index (κ1) is 12.7. The fraction of sp³-hybridized carbons (Fsp3) is 0.375. The monoisotopic (exact) mass is 273 g/mol. The highest BCUT2D eigenvalue weighted by molar-refractivity contribution is 7.10. The molecule has 1 aromatic heterocycles. The van der Waals surface area contributed by atoms with Gasteiger partial charge in [-0.05, 0) is 47.5 Å². The van der Waals surface area contributed by atoms with E-state index in [0.717, 1.165) is 31.5 Å². The molecule has 0 fully saturated rings. The van der Waals surface area contributed by atoms with Crippen LogP contribution in [0.15, 0.2) is 35.7 Å². The first-order valence-electron chi connectivity index (χ1n) is 6.86. The van der Waals surface area contributed by atoms with E-state index in [1.54, 1.807) is 0 Å². The molecule has 1 atom stereocenters. The largest absolute Gasteiger partial charge is 0.388 e. The minimum Gasteiger partial charge on any atom is -0.388 e. The second-order valence-electron chi connectivity index (χ2n) is 5.06. The highest BCUT2D eigenvalue weighted by atomic mass is 32.1. The maximum Gasteiger partial charge on any atom is 0.0787 e. The predicted octanol–water partition coefficient (Wildman–Crippen LogP) is 3.75. The average Bonchev–Trinajstić information content (AvgIpc) is 2.94. The Labute approximate surface area is 118 Å². The van der Waals surface area contributed by atoms with E-state index in [2.05, 4.69) is 28.5 Å². The van der Waals surface area contributed by atoms with Crippen molar-refractivity contribution in [2.24, 2.45) is 0 Å². The maximum absolute atomic E-state index is 9.82. The van der Waals surface area contributed by atoms with Crippen molar-refractivity contribution in [3.05, 3.63) is 51.7 Å². The van der Waals surface area contributed by atoms with E-state index in [0.29, 0.717) is 0 Å². The second kappa shape index (κ2) is 5.35. The summed E-state index contributed by atoms with van der Waals surface area (Å²) in [5.74, 6) is 0. The minimum absolute atomic E-state index is 0.334. The molecule has 2 heterocycles. The van der Waals surface area contributed by atoms with Gasteiger partial charge in [-0.1, -0.05) is 19.1 Å². The topological polar surface area (TPSA) is 23.5 Å². The molecule has 1 aliphatic rings. The molecule has 19 heavy (non-hydrogen) atoms. The van der Waals surface area contributed by atoms with Crippen LogP contribution in [0.5, 0.6) is 0 Å². The van der Waals surface area contributed by atoms with Crippen LogP contribution in [-0.2, 0) is 13.0 Å². The zero-order chi connectivity index (χ0) is 13.2. The first-order chi connectivity index (χ1) is 9.28. The van der Waals surface area contributed by atoms with E-state index in [1.165, 1.54) is 16.1 Å². The lowest BCUT2D eigenvalue weighted by Crippen LogP contribution is -2.29. The Morgan fingerprint density at radius 1 is 1.26 bits per heavy atom. The Kier molecular flexibility index (Phi) is 3.58. The van der Waals surface area contributed by atoms with Crippen molar-refractivity contribution in [3.8, 4) is 0 Å². The maximum atomic E-state index is 9.82. The SMILES string of the molecule is CC[C@@H](O)c1ccc(N2CCc3sccc3C2)cc1. The van der Waals surface area contributed by atoms with E-state index in [4.69, 9.17) is 0 Å². The second-order valence-corrected chi connectivity index (χ2v) is 6.06. The van der Waals surface area contributed by atoms with Crippen molar-refractivity contribution < 1.29 is 5.11 Å². The molecule has 0 radical (unpaired) electrons. The molecule has 1 aromatic carbocycles. The number of benzene rings is 1. The van der Waals surface area contributed by atoms with Crippen molar-refractivity contribution >= 4 is 17.0 Å². The van der Waals surface area contributed by atoms with Gasteiger partial charge in [0.05, 0.1) is 6.10 Å². The number of rotatable bonds is 3. The van der Waals surface area contributed by atoms with Crippen molar-refractivity contribution in [1.29, 1.82) is 0 Å². The highest BCUT2D eigenvalue weighted by Gasteiger charge is 2.17. The minimum atomic E-state index is -0.334. The number of nitrogens with zero attached hydrogens (tertiary/aromatic N) is 1. The molecule has 100 valence electrons. The van der Waals surface area contributed by atoms with E-state index in [1.807, 2.05) is 30.4 Å². The number of aliphatic hydroxyl groups is 1. The third kappa shape index (κ3) is 2.53. The summed E-state index contributed by atoms with van der Waals surface area (Å²) < 4.78 is 0. The van der Waals surface area contributed by atoms with Crippen LogP contribution in [0.2, 0.25) is 0 Å². The first-order valence-corrected chi connectivity index (χ1v) is 7.74. The summed E-state index contributed by atoms with van der Waals surface area (Å²) in [5.41, 5.74) is 3.73. The van der Waals surface area contributed by atoms with Crippen molar-refractivity contribution in [2.45, 2.75) is 32.4 Å². The van der Waals surface area contributed by atoms with Crippen LogP contribution in [0.4, 0.5) is 5.69 Å². The Morgan fingerprint density at radius 3 is 2.79 bits per heavy atom. The van der Waals surface area contributed by atoms with Gasteiger partial charge in [-0.25, -0.2) is 0 Å². The van der Waals surface area contributed by atoms with Gasteiger partial charge in [0.2, 0.25) is 0 Å². The zero-order valence-corrected chi connectivity index (χ0v) is 12.0. The third-order valence-electron chi connectivity index (χ3n) is 3.84. The fourth-order valence-corrected chi connectivity index (χ4v) is 3.50. The molecule has 0 amide bonds. The number of hydrogen-bond donors (Lipinski definition) is 1. The van der Waals surface area contributed by atoms with Gasteiger partial charge in [0.15, 0.2) is 0 Å². The van der Waals surface area contributed by atoms with E-state index in [9.17, 15) is 5.11 Å². The van der Waals surface area contributed by atoms with Gasteiger partial charge in [-0.15, -0.1) is 11.3 Å². The molecule has 0 bridgehead atoms. The van der Waals surface area contributed by atoms with Crippen molar-refractivity contribution in [2.75, 3.05) is 11.4 Å². The van der Waals surface area contributed by atoms with Gasteiger partial charge in [-0.2, -0.15) is 0 Å². The van der Waals surface area contributed by atoms with Crippen molar-refractivity contribution in [3.63, 3.8) is 0 Å². The third-order valence-corrected chi connectivity index (χ3v) is 4.86. The quantitative estimate of drug-likeness (QED) is 0.920. The highest BCUT2D eigenvalue weighted by Crippen LogP contribution is 2.28. The summed E-state index contributed by atoms with van der Waals surface area (Å²) in [6.07, 6.45) is 1.58. The summed E-state index contributed by atoms with van der Waals surface area (Å²) in [5, 5.41) is 12.0.